The molecule has 1 fully saturated rings. The first-order valence-electron chi connectivity index (χ1n) is 10.4. The molecular formula is C24H33Cl2N3O2. The Kier molecular flexibility index (Phi) is 7.90. The molecule has 31 heavy (non-hydrogen) atoms. The van der Waals surface area contributed by atoms with Gasteiger partial charge < -0.3 is 19.9 Å². The van der Waals surface area contributed by atoms with Crippen molar-refractivity contribution in [3.05, 3.63) is 53.6 Å². The fourth-order valence-corrected chi connectivity index (χ4v) is 4.89. The molecular weight excluding hydrogens is 433 g/mol. The van der Waals surface area contributed by atoms with Gasteiger partial charge in [-0.05, 0) is 50.4 Å². The van der Waals surface area contributed by atoms with Crippen molar-refractivity contribution in [1.82, 2.24) is 5.32 Å². The molecule has 2 atom stereocenters. The van der Waals surface area contributed by atoms with E-state index in [0.29, 0.717) is 6.04 Å². The predicted molar refractivity (Wildman–Crippen MR) is 133 cm³/mol. The minimum atomic E-state index is -0.532. The summed E-state index contributed by atoms with van der Waals surface area (Å²) < 4.78 is 5.78. The van der Waals surface area contributed by atoms with Crippen molar-refractivity contribution in [2.45, 2.75) is 44.2 Å². The summed E-state index contributed by atoms with van der Waals surface area (Å²) in [7, 11) is 5.69. The lowest BCUT2D eigenvalue weighted by atomic mass is 9.85. The monoisotopic (exact) mass is 465 g/mol. The van der Waals surface area contributed by atoms with Gasteiger partial charge in [0.1, 0.15) is 5.75 Å². The molecule has 0 unspecified atom stereocenters. The molecule has 1 amide bonds. The number of likely N-dealkylation sites (N-methyl/N-ethyl adjacent to an activating group) is 2. The SMILES string of the molecule is COc1cc2c(cc1N(C)[C@H]1CCCN[C@H]1c1ccccc1)C(C)(C)C(=O)N2C.Cl.Cl. The number of amides is 1. The van der Waals surface area contributed by atoms with Crippen LogP contribution in [0.2, 0.25) is 0 Å². The number of benzene rings is 2. The van der Waals surface area contributed by atoms with Crippen molar-refractivity contribution in [3.63, 3.8) is 0 Å². The van der Waals surface area contributed by atoms with E-state index in [1.165, 1.54) is 5.56 Å². The summed E-state index contributed by atoms with van der Waals surface area (Å²) in [5, 5.41) is 3.71. The van der Waals surface area contributed by atoms with Crippen LogP contribution in [0.25, 0.3) is 0 Å². The maximum absolute atomic E-state index is 12.8. The summed E-state index contributed by atoms with van der Waals surface area (Å²) in [5.41, 5.74) is 3.81. The Morgan fingerprint density at radius 2 is 1.84 bits per heavy atom. The standard InChI is InChI=1S/C24H31N3O2.2ClH/c1-24(2)17-14-20(21(29-5)15-19(17)27(4)23(24)28)26(3)18-12-9-13-25-22(18)16-10-7-6-8-11-16;;/h6-8,10-11,14-15,18,22,25H,9,12-13H2,1-5H3;2*1H/t18-,22-;;/m0../s1. The third-order valence-corrected chi connectivity index (χ3v) is 6.63. The van der Waals surface area contributed by atoms with Gasteiger partial charge in [0.2, 0.25) is 5.91 Å². The predicted octanol–water partition coefficient (Wildman–Crippen LogP) is 4.72. The van der Waals surface area contributed by atoms with Crippen molar-refractivity contribution in [2.24, 2.45) is 0 Å². The maximum Gasteiger partial charge on any atom is 0.236 e. The first kappa shape index (κ1) is 25.3. The van der Waals surface area contributed by atoms with Crippen LogP contribution in [0, 0.1) is 0 Å². The number of ether oxygens (including phenoxy) is 1. The molecule has 0 aliphatic carbocycles. The average molecular weight is 466 g/mol. The van der Waals surface area contributed by atoms with E-state index in [0.717, 1.165) is 42.1 Å². The van der Waals surface area contributed by atoms with Crippen LogP contribution in [0.15, 0.2) is 42.5 Å². The number of halogens is 2. The van der Waals surface area contributed by atoms with Crippen molar-refractivity contribution < 1.29 is 9.53 Å². The largest absolute Gasteiger partial charge is 0.495 e. The number of carbonyl (C=O) groups is 1. The fourth-order valence-electron chi connectivity index (χ4n) is 4.89. The van der Waals surface area contributed by atoms with E-state index >= 15 is 0 Å². The molecule has 2 aromatic rings. The second-order valence-corrected chi connectivity index (χ2v) is 8.69. The van der Waals surface area contributed by atoms with E-state index in [9.17, 15) is 4.79 Å². The molecule has 0 radical (unpaired) electrons. The van der Waals surface area contributed by atoms with Gasteiger partial charge in [-0.1, -0.05) is 30.3 Å². The molecule has 0 saturated carbocycles. The molecule has 7 heteroatoms. The van der Waals surface area contributed by atoms with E-state index in [2.05, 4.69) is 53.7 Å². The lowest BCUT2D eigenvalue weighted by molar-refractivity contribution is -0.121. The molecule has 4 rings (SSSR count). The highest BCUT2D eigenvalue weighted by atomic mass is 35.5. The summed E-state index contributed by atoms with van der Waals surface area (Å²) in [6.45, 7) is 5.03. The molecule has 1 N–H and O–H groups in total. The normalized spacial score (nSPS) is 21.6. The second kappa shape index (κ2) is 9.68. The van der Waals surface area contributed by atoms with Gasteiger partial charge in [-0.2, -0.15) is 0 Å². The molecule has 0 spiro atoms. The lowest BCUT2D eigenvalue weighted by Crippen LogP contribution is -2.47. The summed E-state index contributed by atoms with van der Waals surface area (Å²) in [6, 6.07) is 15.4. The molecule has 2 aromatic carbocycles. The van der Waals surface area contributed by atoms with E-state index in [1.54, 1.807) is 12.0 Å². The summed E-state index contributed by atoms with van der Waals surface area (Å²) in [6.07, 6.45) is 2.24. The van der Waals surface area contributed by atoms with Gasteiger partial charge >= 0.3 is 0 Å². The Balaban J connectivity index is 0.00000171. The van der Waals surface area contributed by atoms with Crippen LogP contribution in [0.5, 0.6) is 5.75 Å². The first-order valence-corrected chi connectivity index (χ1v) is 10.4. The number of nitrogens with one attached hydrogen (secondary N) is 1. The smallest absolute Gasteiger partial charge is 0.236 e. The number of hydrogen-bond acceptors (Lipinski definition) is 4. The van der Waals surface area contributed by atoms with Crippen molar-refractivity contribution in [2.75, 3.05) is 37.5 Å². The van der Waals surface area contributed by atoms with Crippen LogP contribution in [0.3, 0.4) is 0 Å². The first-order chi connectivity index (χ1) is 13.9. The molecule has 2 heterocycles. The molecule has 2 aliphatic rings. The highest BCUT2D eigenvalue weighted by Gasteiger charge is 2.43. The van der Waals surface area contributed by atoms with Gasteiger partial charge in [-0.15, -0.1) is 24.8 Å². The minimum Gasteiger partial charge on any atom is -0.495 e. The topological polar surface area (TPSA) is 44.8 Å². The van der Waals surface area contributed by atoms with Crippen LogP contribution < -0.4 is 19.9 Å². The number of rotatable bonds is 4. The third kappa shape index (κ3) is 4.23. The van der Waals surface area contributed by atoms with Gasteiger partial charge in [-0.25, -0.2) is 0 Å². The Morgan fingerprint density at radius 1 is 1.16 bits per heavy atom. The number of methoxy groups -OCH3 is 1. The summed E-state index contributed by atoms with van der Waals surface area (Å²) in [5.74, 6) is 0.928. The molecule has 1 saturated heterocycles. The van der Waals surface area contributed by atoms with Gasteiger partial charge in [0.05, 0.1) is 29.9 Å². The van der Waals surface area contributed by atoms with Crippen LogP contribution >= 0.6 is 24.8 Å². The van der Waals surface area contributed by atoms with E-state index in [-0.39, 0.29) is 36.8 Å². The number of piperidine rings is 1. The van der Waals surface area contributed by atoms with E-state index < -0.39 is 5.41 Å². The van der Waals surface area contributed by atoms with Crippen LogP contribution in [0.1, 0.15) is 43.9 Å². The Labute approximate surface area is 198 Å². The van der Waals surface area contributed by atoms with Gasteiger partial charge in [0, 0.05) is 26.2 Å². The average Bonchev–Trinajstić information content (AvgIpc) is 2.92. The zero-order chi connectivity index (χ0) is 20.8. The quantitative estimate of drug-likeness (QED) is 0.708. The third-order valence-electron chi connectivity index (χ3n) is 6.63. The van der Waals surface area contributed by atoms with Crippen molar-refractivity contribution >= 4 is 42.1 Å². The molecule has 2 aliphatic heterocycles. The zero-order valence-electron chi connectivity index (χ0n) is 18.8. The van der Waals surface area contributed by atoms with Crippen molar-refractivity contribution in [3.8, 4) is 5.75 Å². The summed E-state index contributed by atoms with van der Waals surface area (Å²) in [4.78, 5) is 16.8. The van der Waals surface area contributed by atoms with Crippen LogP contribution in [0.4, 0.5) is 11.4 Å². The Hall–Kier alpha value is -1.95. The second-order valence-electron chi connectivity index (χ2n) is 8.69. The molecule has 170 valence electrons. The van der Waals surface area contributed by atoms with Gasteiger partial charge in [0.15, 0.2) is 0 Å². The number of hydrogen-bond donors (Lipinski definition) is 1. The summed E-state index contributed by atoms with van der Waals surface area (Å²) >= 11 is 0. The lowest BCUT2D eigenvalue weighted by Gasteiger charge is -2.41. The molecule has 0 bridgehead atoms. The Bertz CT molecular complexity index is 921. The molecule has 0 aromatic heterocycles. The minimum absolute atomic E-state index is 0. The van der Waals surface area contributed by atoms with Gasteiger partial charge in [-0.3, -0.25) is 4.79 Å². The molecule has 5 nitrogen and oxygen atoms in total. The number of carbonyl (C=O) groups excluding carboxylic acids is 1. The van der Waals surface area contributed by atoms with Gasteiger partial charge in [0.25, 0.3) is 0 Å². The van der Waals surface area contributed by atoms with Crippen LogP contribution in [-0.2, 0) is 10.2 Å². The number of anilines is 2. The van der Waals surface area contributed by atoms with E-state index in [4.69, 9.17) is 4.74 Å². The van der Waals surface area contributed by atoms with Crippen LogP contribution in [-0.4, -0.2) is 39.7 Å². The van der Waals surface area contributed by atoms with E-state index in [1.807, 2.05) is 27.0 Å². The maximum atomic E-state index is 12.8. The highest BCUT2D eigenvalue weighted by molar-refractivity contribution is 6.08. The highest BCUT2D eigenvalue weighted by Crippen LogP contribution is 2.47. The number of fused-ring (bicyclic) bond motifs is 1. The zero-order valence-corrected chi connectivity index (χ0v) is 20.5. The Morgan fingerprint density at radius 3 is 2.48 bits per heavy atom. The van der Waals surface area contributed by atoms with Crippen molar-refractivity contribution in [1.29, 1.82) is 0 Å². The number of nitrogens with zero attached hydrogens (tertiary/aromatic N) is 2. The fraction of sp³-hybridized carbons (Fsp3) is 0.458.